The first-order valence-electron chi connectivity index (χ1n) is 7.21. The quantitative estimate of drug-likeness (QED) is 0.684. The van der Waals surface area contributed by atoms with Crippen LogP contribution in [-0.2, 0) is 7.05 Å². The van der Waals surface area contributed by atoms with E-state index in [-0.39, 0.29) is 11.8 Å². The third kappa shape index (κ3) is 1.97. The van der Waals surface area contributed by atoms with Gasteiger partial charge in [-0.25, -0.2) is 9.88 Å². The summed E-state index contributed by atoms with van der Waals surface area (Å²) >= 11 is 0. The smallest absolute Gasteiger partial charge is 0.266 e. The van der Waals surface area contributed by atoms with Crippen LogP contribution in [0.5, 0.6) is 0 Å². The van der Waals surface area contributed by atoms with E-state index < -0.39 is 0 Å². The van der Waals surface area contributed by atoms with Gasteiger partial charge in [-0.05, 0) is 29.8 Å². The third-order valence-electron chi connectivity index (χ3n) is 4.03. The van der Waals surface area contributed by atoms with E-state index in [1.165, 1.54) is 4.90 Å². The number of imide groups is 1. The molecule has 0 N–H and O–H groups in total. The monoisotopic (exact) mass is 303 g/mol. The molecule has 2 heterocycles. The molecule has 23 heavy (non-hydrogen) atoms. The van der Waals surface area contributed by atoms with Crippen molar-refractivity contribution in [2.45, 2.75) is 0 Å². The number of carbonyl (C=O) groups is 2. The lowest BCUT2D eigenvalue weighted by Gasteiger charge is -2.14. The Morgan fingerprint density at radius 1 is 0.870 bits per heavy atom. The molecule has 0 radical (unpaired) electrons. The molecule has 112 valence electrons. The van der Waals surface area contributed by atoms with E-state index in [0.29, 0.717) is 16.8 Å². The molecule has 0 aliphatic carbocycles. The lowest BCUT2D eigenvalue weighted by Crippen LogP contribution is -2.29. The normalized spacial score (nSPS) is 13.5. The fourth-order valence-electron chi connectivity index (χ4n) is 2.84. The van der Waals surface area contributed by atoms with Gasteiger partial charge < -0.3 is 4.57 Å². The van der Waals surface area contributed by atoms with Crippen LogP contribution < -0.4 is 4.90 Å². The average Bonchev–Trinajstić information content (AvgIpc) is 3.11. The molecule has 5 nitrogen and oxygen atoms in total. The number of aromatic nitrogens is 2. The fraction of sp³-hybridized carbons (Fsp3) is 0.0556. The van der Waals surface area contributed by atoms with Gasteiger partial charge >= 0.3 is 0 Å². The van der Waals surface area contributed by atoms with Crippen LogP contribution in [0.15, 0.2) is 61.1 Å². The summed E-state index contributed by atoms with van der Waals surface area (Å²) in [6.45, 7) is 0. The van der Waals surface area contributed by atoms with Gasteiger partial charge in [-0.15, -0.1) is 0 Å². The molecule has 2 aromatic carbocycles. The van der Waals surface area contributed by atoms with Gasteiger partial charge in [0.25, 0.3) is 11.8 Å². The van der Waals surface area contributed by atoms with Crippen LogP contribution >= 0.6 is 0 Å². The Bertz CT molecular complexity index is 890. The van der Waals surface area contributed by atoms with E-state index in [2.05, 4.69) is 4.98 Å². The van der Waals surface area contributed by atoms with Crippen molar-refractivity contribution in [1.29, 1.82) is 0 Å². The van der Waals surface area contributed by atoms with Crippen molar-refractivity contribution in [3.05, 3.63) is 72.2 Å². The Morgan fingerprint density at radius 3 is 2.00 bits per heavy atom. The second-order valence-electron chi connectivity index (χ2n) is 5.43. The van der Waals surface area contributed by atoms with Crippen molar-refractivity contribution < 1.29 is 9.59 Å². The lowest BCUT2D eigenvalue weighted by atomic mass is 10.1. The zero-order chi connectivity index (χ0) is 16.0. The zero-order valence-electron chi connectivity index (χ0n) is 12.4. The number of carbonyl (C=O) groups excluding carboxylic acids is 2. The molecule has 0 saturated carbocycles. The topological polar surface area (TPSA) is 55.2 Å². The number of anilines is 1. The van der Waals surface area contributed by atoms with Gasteiger partial charge in [0.1, 0.15) is 0 Å². The van der Waals surface area contributed by atoms with E-state index in [1.807, 2.05) is 23.7 Å². The van der Waals surface area contributed by atoms with Crippen molar-refractivity contribution >= 4 is 17.5 Å². The Kier molecular flexibility index (Phi) is 2.87. The van der Waals surface area contributed by atoms with E-state index in [1.54, 1.807) is 48.9 Å². The van der Waals surface area contributed by atoms with E-state index in [0.717, 1.165) is 11.3 Å². The number of benzene rings is 2. The molecule has 1 aliphatic rings. The van der Waals surface area contributed by atoms with Gasteiger partial charge in [-0.3, -0.25) is 9.59 Å². The zero-order valence-corrected chi connectivity index (χ0v) is 12.4. The van der Waals surface area contributed by atoms with Crippen molar-refractivity contribution in [1.82, 2.24) is 9.55 Å². The van der Waals surface area contributed by atoms with Gasteiger partial charge in [0, 0.05) is 7.05 Å². The molecule has 3 aromatic rings. The number of fused-ring (bicyclic) bond motifs is 1. The maximum atomic E-state index is 12.5. The van der Waals surface area contributed by atoms with Gasteiger partial charge in [0.05, 0.1) is 35.0 Å². The molecule has 2 amide bonds. The molecular weight excluding hydrogens is 290 g/mol. The summed E-state index contributed by atoms with van der Waals surface area (Å²) < 4.78 is 1.91. The lowest BCUT2D eigenvalue weighted by molar-refractivity contribution is 0.0926. The Balaban J connectivity index is 1.71. The van der Waals surface area contributed by atoms with Crippen molar-refractivity contribution in [2.24, 2.45) is 7.05 Å². The second kappa shape index (κ2) is 4.91. The van der Waals surface area contributed by atoms with Crippen LogP contribution in [0.4, 0.5) is 5.69 Å². The number of rotatable bonds is 2. The summed E-state index contributed by atoms with van der Waals surface area (Å²) in [7, 11) is 1.92. The largest absolute Gasteiger partial charge is 0.334 e. The van der Waals surface area contributed by atoms with Gasteiger partial charge in [-0.2, -0.15) is 0 Å². The number of amides is 2. The van der Waals surface area contributed by atoms with Crippen LogP contribution in [0.25, 0.3) is 11.3 Å². The summed E-state index contributed by atoms with van der Waals surface area (Å²) in [6.07, 6.45) is 3.50. The first kappa shape index (κ1) is 13.5. The maximum absolute atomic E-state index is 12.5. The van der Waals surface area contributed by atoms with Crippen LogP contribution in [-0.4, -0.2) is 21.4 Å². The first-order chi connectivity index (χ1) is 11.2. The summed E-state index contributed by atoms with van der Waals surface area (Å²) in [5.41, 5.74) is 3.42. The van der Waals surface area contributed by atoms with Crippen LogP contribution in [0.3, 0.4) is 0 Å². The van der Waals surface area contributed by atoms with E-state index in [4.69, 9.17) is 0 Å². The number of hydrogen-bond donors (Lipinski definition) is 0. The standard InChI is InChI=1S/C18H13N3O2/c1-20-11-19-10-16(20)12-6-8-13(9-7-12)21-17(22)14-4-2-3-5-15(14)18(21)23/h2-11H,1H3. The van der Waals surface area contributed by atoms with Gasteiger partial charge in [0.15, 0.2) is 0 Å². The minimum absolute atomic E-state index is 0.279. The number of hydrogen-bond acceptors (Lipinski definition) is 3. The molecule has 0 unspecified atom stereocenters. The third-order valence-corrected chi connectivity index (χ3v) is 4.03. The van der Waals surface area contributed by atoms with Crippen LogP contribution in [0, 0.1) is 0 Å². The molecule has 0 fully saturated rings. The molecule has 5 heteroatoms. The van der Waals surface area contributed by atoms with Gasteiger partial charge in [0.2, 0.25) is 0 Å². The first-order valence-corrected chi connectivity index (χ1v) is 7.21. The number of imidazole rings is 1. The van der Waals surface area contributed by atoms with Crippen LogP contribution in [0.1, 0.15) is 20.7 Å². The number of aryl methyl sites for hydroxylation is 1. The molecule has 0 spiro atoms. The highest BCUT2D eigenvalue weighted by molar-refractivity contribution is 6.34. The summed E-state index contributed by atoms with van der Waals surface area (Å²) in [4.78, 5) is 30.2. The maximum Gasteiger partial charge on any atom is 0.266 e. The Hall–Kier alpha value is -3.21. The molecule has 4 rings (SSSR count). The SMILES string of the molecule is Cn1cncc1-c1ccc(N2C(=O)c3ccccc3C2=O)cc1. The average molecular weight is 303 g/mol. The van der Waals surface area contributed by atoms with Crippen molar-refractivity contribution in [2.75, 3.05) is 4.90 Å². The summed E-state index contributed by atoms with van der Waals surface area (Å²) in [5.74, 6) is -0.558. The molecule has 1 aromatic heterocycles. The molecule has 0 bridgehead atoms. The second-order valence-corrected chi connectivity index (χ2v) is 5.43. The van der Waals surface area contributed by atoms with E-state index >= 15 is 0 Å². The molecule has 1 aliphatic heterocycles. The van der Waals surface area contributed by atoms with Crippen molar-refractivity contribution in [3.8, 4) is 11.3 Å². The van der Waals surface area contributed by atoms with Gasteiger partial charge in [-0.1, -0.05) is 24.3 Å². The molecular formula is C18H13N3O2. The Labute approximate surface area is 132 Å². The van der Waals surface area contributed by atoms with E-state index in [9.17, 15) is 9.59 Å². The number of nitrogens with zero attached hydrogens (tertiary/aromatic N) is 3. The fourth-order valence-corrected chi connectivity index (χ4v) is 2.84. The minimum atomic E-state index is -0.279. The van der Waals surface area contributed by atoms with Crippen molar-refractivity contribution in [3.63, 3.8) is 0 Å². The highest BCUT2D eigenvalue weighted by atomic mass is 16.2. The molecule has 0 saturated heterocycles. The highest BCUT2D eigenvalue weighted by Gasteiger charge is 2.36. The predicted molar refractivity (Wildman–Crippen MR) is 86.2 cm³/mol. The Morgan fingerprint density at radius 2 is 1.48 bits per heavy atom. The minimum Gasteiger partial charge on any atom is -0.334 e. The highest BCUT2D eigenvalue weighted by Crippen LogP contribution is 2.29. The summed E-state index contributed by atoms with van der Waals surface area (Å²) in [5, 5.41) is 0. The molecule has 0 atom stereocenters. The van der Waals surface area contributed by atoms with Crippen LogP contribution in [0.2, 0.25) is 0 Å². The summed E-state index contributed by atoms with van der Waals surface area (Å²) in [6, 6.07) is 14.2. The predicted octanol–water partition coefficient (Wildman–Crippen LogP) is 2.89.